The maximum absolute atomic E-state index is 12.5. The van der Waals surface area contributed by atoms with E-state index in [2.05, 4.69) is 5.32 Å². The summed E-state index contributed by atoms with van der Waals surface area (Å²) in [5.74, 6) is 0. The standard InChI is InChI=1S/C9H15F3N2/c1-7(9(10,11)12)14-4-2-3-8(14)5-13-6-8/h7,13H,2-6H2,1H3. The van der Waals surface area contributed by atoms with E-state index in [0.29, 0.717) is 19.6 Å². The summed E-state index contributed by atoms with van der Waals surface area (Å²) in [7, 11) is 0. The summed E-state index contributed by atoms with van der Waals surface area (Å²) in [5, 5.41) is 3.07. The summed E-state index contributed by atoms with van der Waals surface area (Å²) in [6.45, 7) is 3.29. The van der Waals surface area contributed by atoms with Gasteiger partial charge in [0.25, 0.3) is 0 Å². The summed E-state index contributed by atoms with van der Waals surface area (Å²) in [4.78, 5) is 1.63. The molecule has 14 heavy (non-hydrogen) atoms. The van der Waals surface area contributed by atoms with Gasteiger partial charge in [0.2, 0.25) is 0 Å². The Morgan fingerprint density at radius 3 is 2.43 bits per heavy atom. The first-order valence-electron chi connectivity index (χ1n) is 5.00. The predicted molar refractivity (Wildman–Crippen MR) is 47.1 cm³/mol. The number of nitrogens with zero attached hydrogens (tertiary/aromatic N) is 1. The molecule has 2 heterocycles. The van der Waals surface area contributed by atoms with Crippen LogP contribution in [0.3, 0.4) is 0 Å². The van der Waals surface area contributed by atoms with Gasteiger partial charge in [-0.25, -0.2) is 0 Å². The minimum atomic E-state index is -4.09. The van der Waals surface area contributed by atoms with E-state index in [1.807, 2.05) is 0 Å². The van der Waals surface area contributed by atoms with E-state index in [-0.39, 0.29) is 5.54 Å². The van der Waals surface area contributed by atoms with Crippen molar-refractivity contribution in [2.45, 2.75) is 37.5 Å². The second kappa shape index (κ2) is 3.10. The average molecular weight is 208 g/mol. The zero-order valence-corrected chi connectivity index (χ0v) is 8.19. The molecule has 2 fully saturated rings. The molecule has 2 rings (SSSR count). The molecular formula is C9H15F3N2. The van der Waals surface area contributed by atoms with Crippen molar-refractivity contribution in [2.75, 3.05) is 19.6 Å². The molecule has 0 aromatic heterocycles. The molecule has 1 spiro atoms. The number of rotatable bonds is 1. The fraction of sp³-hybridized carbons (Fsp3) is 1.00. The smallest absolute Gasteiger partial charge is 0.313 e. The van der Waals surface area contributed by atoms with Gasteiger partial charge >= 0.3 is 6.18 Å². The van der Waals surface area contributed by atoms with Crippen LogP contribution in [0.5, 0.6) is 0 Å². The molecule has 0 aromatic rings. The van der Waals surface area contributed by atoms with E-state index >= 15 is 0 Å². The highest BCUT2D eigenvalue weighted by Crippen LogP contribution is 2.38. The van der Waals surface area contributed by atoms with Crippen molar-refractivity contribution in [2.24, 2.45) is 0 Å². The van der Waals surface area contributed by atoms with Crippen molar-refractivity contribution in [3.8, 4) is 0 Å². The van der Waals surface area contributed by atoms with Crippen LogP contribution in [-0.2, 0) is 0 Å². The molecule has 0 bridgehead atoms. The van der Waals surface area contributed by atoms with Gasteiger partial charge in [-0.2, -0.15) is 13.2 Å². The highest BCUT2D eigenvalue weighted by molar-refractivity contribution is 5.07. The molecule has 0 saturated carbocycles. The van der Waals surface area contributed by atoms with Crippen LogP contribution in [0.2, 0.25) is 0 Å². The molecule has 5 heteroatoms. The molecule has 82 valence electrons. The molecule has 2 aliphatic rings. The highest BCUT2D eigenvalue weighted by atomic mass is 19.4. The Balaban J connectivity index is 2.10. The third-order valence-corrected chi connectivity index (χ3v) is 3.50. The van der Waals surface area contributed by atoms with Crippen LogP contribution in [0.15, 0.2) is 0 Å². The molecule has 0 aromatic carbocycles. The second-order valence-electron chi connectivity index (χ2n) is 4.34. The first-order chi connectivity index (χ1) is 6.46. The summed E-state index contributed by atoms with van der Waals surface area (Å²) in [6.07, 6.45) is -2.30. The first kappa shape index (κ1) is 10.2. The normalized spacial score (nSPS) is 29.1. The Bertz CT molecular complexity index is 223. The molecule has 0 aliphatic carbocycles. The lowest BCUT2D eigenvalue weighted by Gasteiger charge is -2.49. The van der Waals surface area contributed by atoms with Crippen molar-refractivity contribution in [1.29, 1.82) is 0 Å². The summed E-state index contributed by atoms with van der Waals surface area (Å²) in [6, 6.07) is -1.30. The molecule has 1 N–H and O–H groups in total. The molecule has 2 saturated heterocycles. The van der Waals surface area contributed by atoms with E-state index in [9.17, 15) is 13.2 Å². The number of nitrogens with one attached hydrogen (secondary N) is 1. The van der Waals surface area contributed by atoms with Crippen molar-refractivity contribution in [1.82, 2.24) is 10.2 Å². The fourth-order valence-corrected chi connectivity index (χ4v) is 2.53. The van der Waals surface area contributed by atoms with Gasteiger partial charge in [0.15, 0.2) is 0 Å². The third-order valence-electron chi connectivity index (χ3n) is 3.50. The van der Waals surface area contributed by atoms with E-state index in [1.54, 1.807) is 4.90 Å². The van der Waals surface area contributed by atoms with Crippen LogP contribution in [0.25, 0.3) is 0 Å². The van der Waals surface area contributed by atoms with Crippen LogP contribution >= 0.6 is 0 Å². The maximum Gasteiger partial charge on any atom is 0.403 e. The molecule has 0 amide bonds. The van der Waals surface area contributed by atoms with Crippen LogP contribution in [-0.4, -0.2) is 42.3 Å². The highest BCUT2D eigenvalue weighted by Gasteiger charge is 2.53. The Hall–Kier alpha value is -0.290. The molecule has 1 unspecified atom stereocenters. The number of alkyl halides is 3. The zero-order chi connectivity index (χ0) is 10.4. The van der Waals surface area contributed by atoms with Crippen LogP contribution in [0.4, 0.5) is 13.2 Å². The minimum absolute atomic E-state index is 0.186. The lowest BCUT2D eigenvalue weighted by Crippen LogP contribution is -2.69. The third kappa shape index (κ3) is 1.42. The van der Waals surface area contributed by atoms with Crippen LogP contribution in [0.1, 0.15) is 19.8 Å². The minimum Gasteiger partial charge on any atom is -0.313 e. The molecule has 0 radical (unpaired) electrons. The van der Waals surface area contributed by atoms with Crippen molar-refractivity contribution in [3.63, 3.8) is 0 Å². The van der Waals surface area contributed by atoms with Gasteiger partial charge in [0, 0.05) is 18.6 Å². The largest absolute Gasteiger partial charge is 0.403 e. The summed E-state index contributed by atoms with van der Waals surface area (Å²) in [5.41, 5.74) is -0.186. The number of halogens is 3. The molecule has 2 nitrogen and oxygen atoms in total. The Kier molecular flexibility index (Phi) is 2.27. The summed E-state index contributed by atoms with van der Waals surface area (Å²) < 4.78 is 37.6. The van der Waals surface area contributed by atoms with E-state index < -0.39 is 12.2 Å². The van der Waals surface area contributed by atoms with Crippen molar-refractivity contribution >= 4 is 0 Å². The van der Waals surface area contributed by atoms with Crippen LogP contribution in [0, 0.1) is 0 Å². The lowest BCUT2D eigenvalue weighted by atomic mass is 9.88. The van der Waals surface area contributed by atoms with Gasteiger partial charge in [-0.3, -0.25) is 4.90 Å². The topological polar surface area (TPSA) is 15.3 Å². The monoisotopic (exact) mass is 208 g/mol. The van der Waals surface area contributed by atoms with Gasteiger partial charge in [0.1, 0.15) is 6.04 Å². The quantitative estimate of drug-likeness (QED) is 0.700. The van der Waals surface area contributed by atoms with Gasteiger partial charge in [-0.05, 0) is 26.3 Å². The fourth-order valence-electron chi connectivity index (χ4n) is 2.53. The Morgan fingerprint density at radius 1 is 1.36 bits per heavy atom. The second-order valence-corrected chi connectivity index (χ2v) is 4.34. The average Bonchev–Trinajstić information content (AvgIpc) is 2.43. The summed E-state index contributed by atoms with van der Waals surface area (Å²) >= 11 is 0. The zero-order valence-electron chi connectivity index (χ0n) is 8.19. The van der Waals surface area contributed by atoms with E-state index in [1.165, 1.54) is 6.92 Å². The van der Waals surface area contributed by atoms with Gasteiger partial charge < -0.3 is 5.32 Å². The van der Waals surface area contributed by atoms with Gasteiger partial charge in [-0.1, -0.05) is 0 Å². The number of likely N-dealkylation sites (tertiary alicyclic amines) is 1. The van der Waals surface area contributed by atoms with E-state index in [4.69, 9.17) is 0 Å². The molecule has 2 aliphatic heterocycles. The van der Waals surface area contributed by atoms with Gasteiger partial charge in [-0.15, -0.1) is 0 Å². The van der Waals surface area contributed by atoms with Gasteiger partial charge in [0.05, 0.1) is 0 Å². The molecular weight excluding hydrogens is 193 g/mol. The lowest BCUT2D eigenvalue weighted by molar-refractivity contribution is -0.192. The Labute approximate surface area is 81.5 Å². The maximum atomic E-state index is 12.5. The SMILES string of the molecule is CC(N1CCCC12CNC2)C(F)(F)F. The van der Waals surface area contributed by atoms with Crippen molar-refractivity contribution in [3.05, 3.63) is 0 Å². The number of hydrogen-bond donors (Lipinski definition) is 1. The molecule has 1 atom stereocenters. The van der Waals surface area contributed by atoms with E-state index in [0.717, 1.165) is 12.8 Å². The van der Waals surface area contributed by atoms with Crippen molar-refractivity contribution < 1.29 is 13.2 Å². The first-order valence-corrected chi connectivity index (χ1v) is 5.00. The number of hydrogen-bond acceptors (Lipinski definition) is 2. The van der Waals surface area contributed by atoms with Crippen LogP contribution < -0.4 is 5.32 Å². The Morgan fingerprint density at radius 2 is 2.00 bits per heavy atom. The predicted octanol–water partition coefficient (Wildman–Crippen LogP) is 1.37.